The van der Waals surface area contributed by atoms with Crippen LogP contribution in [-0.4, -0.2) is 7.11 Å². The summed E-state index contributed by atoms with van der Waals surface area (Å²) in [5, 5.41) is 0. The first-order valence-electron chi connectivity index (χ1n) is 7.47. The highest BCUT2D eigenvalue weighted by molar-refractivity contribution is 5.42. The summed E-state index contributed by atoms with van der Waals surface area (Å²) in [5.74, 6) is 0.932. The Hall–Kier alpha value is -1.80. The first kappa shape index (κ1) is 15.6. The molecule has 112 valence electrons. The molecule has 0 fully saturated rings. The van der Waals surface area contributed by atoms with Gasteiger partial charge >= 0.3 is 0 Å². The van der Waals surface area contributed by atoms with Crippen LogP contribution in [0.25, 0.3) is 0 Å². The molecule has 2 N–H and O–H groups in total. The van der Waals surface area contributed by atoms with Crippen LogP contribution in [0.4, 0.5) is 0 Å². The molecule has 1 unspecified atom stereocenters. The van der Waals surface area contributed by atoms with Crippen molar-refractivity contribution in [1.82, 2.24) is 0 Å². The molecule has 2 nitrogen and oxygen atoms in total. The summed E-state index contributed by atoms with van der Waals surface area (Å²) in [7, 11) is 1.71. The molecule has 0 aliphatic heterocycles. The highest BCUT2D eigenvalue weighted by atomic mass is 16.5. The van der Waals surface area contributed by atoms with Gasteiger partial charge in [0.25, 0.3) is 0 Å². The van der Waals surface area contributed by atoms with Crippen LogP contribution in [0.3, 0.4) is 0 Å². The van der Waals surface area contributed by atoms with Crippen molar-refractivity contribution in [2.75, 3.05) is 7.11 Å². The zero-order chi connectivity index (χ0) is 15.4. The summed E-state index contributed by atoms with van der Waals surface area (Å²) in [6.07, 6.45) is 1.96. The number of aryl methyl sites for hydroxylation is 4. The summed E-state index contributed by atoms with van der Waals surface area (Å²) in [5.41, 5.74) is 12.6. The first-order valence-corrected chi connectivity index (χ1v) is 7.47. The van der Waals surface area contributed by atoms with Crippen molar-refractivity contribution >= 4 is 0 Å². The minimum Gasteiger partial charge on any atom is -0.496 e. The van der Waals surface area contributed by atoms with E-state index >= 15 is 0 Å². The topological polar surface area (TPSA) is 35.2 Å². The molecule has 0 aromatic heterocycles. The van der Waals surface area contributed by atoms with Crippen molar-refractivity contribution < 1.29 is 4.74 Å². The van der Waals surface area contributed by atoms with E-state index in [1.54, 1.807) is 7.11 Å². The van der Waals surface area contributed by atoms with E-state index in [1.807, 2.05) is 0 Å². The van der Waals surface area contributed by atoms with Gasteiger partial charge < -0.3 is 10.5 Å². The van der Waals surface area contributed by atoms with E-state index in [-0.39, 0.29) is 6.04 Å². The van der Waals surface area contributed by atoms with Crippen LogP contribution in [-0.2, 0) is 6.42 Å². The molecule has 2 heteroatoms. The lowest BCUT2D eigenvalue weighted by Crippen LogP contribution is -2.13. The Morgan fingerprint density at radius 1 is 1.00 bits per heavy atom. The first-order chi connectivity index (χ1) is 10.0. The maximum Gasteiger partial charge on any atom is 0.122 e. The molecule has 0 saturated heterocycles. The van der Waals surface area contributed by atoms with Gasteiger partial charge in [-0.15, -0.1) is 0 Å². The number of rotatable bonds is 5. The van der Waals surface area contributed by atoms with Crippen LogP contribution in [0, 0.1) is 20.8 Å². The van der Waals surface area contributed by atoms with E-state index in [2.05, 4.69) is 57.2 Å². The predicted octanol–water partition coefficient (Wildman–Crippen LogP) is 4.25. The van der Waals surface area contributed by atoms with Crippen LogP contribution in [0.2, 0.25) is 0 Å². The van der Waals surface area contributed by atoms with Gasteiger partial charge in [-0.2, -0.15) is 0 Å². The second-order valence-corrected chi connectivity index (χ2v) is 5.81. The fraction of sp³-hybridized carbons (Fsp3) is 0.368. The SMILES string of the molecule is COc1cc(C)c(C(N)CCc2ccc(C)cc2)cc1C. The monoisotopic (exact) mass is 283 g/mol. The molecule has 21 heavy (non-hydrogen) atoms. The van der Waals surface area contributed by atoms with Crippen molar-refractivity contribution in [3.63, 3.8) is 0 Å². The normalized spacial score (nSPS) is 12.2. The molecule has 2 aromatic rings. The van der Waals surface area contributed by atoms with E-state index < -0.39 is 0 Å². The lowest BCUT2D eigenvalue weighted by Gasteiger charge is -2.17. The minimum absolute atomic E-state index is 0.0657. The molecule has 0 spiro atoms. The van der Waals surface area contributed by atoms with Crippen LogP contribution < -0.4 is 10.5 Å². The van der Waals surface area contributed by atoms with E-state index in [9.17, 15) is 0 Å². The van der Waals surface area contributed by atoms with Crippen molar-refractivity contribution in [3.8, 4) is 5.75 Å². The van der Waals surface area contributed by atoms with Gasteiger partial charge in [0.1, 0.15) is 5.75 Å². The van der Waals surface area contributed by atoms with Gasteiger partial charge in [0.05, 0.1) is 7.11 Å². The fourth-order valence-corrected chi connectivity index (χ4v) is 2.66. The zero-order valence-electron chi connectivity index (χ0n) is 13.4. The average molecular weight is 283 g/mol. The number of nitrogens with two attached hydrogens (primary N) is 1. The van der Waals surface area contributed by atoms with Crippen molar-refractivity contribution in [1.29, 1.82) is 0 Å². The minimum atomic E-state index is 0.0657. The fourth-order valence-electron chi connectivity index (χ4n) is 2.66. The van der Waals surface area contributed by atoms with Gasteiger partial charge in [0, 0.05) is 6.04 Å². The molecule has 0 bridgehead atoms. The van der Waals surface area contributed by atoms with E-state index in [0.29, 0.717) is 0 Å². The van der Waals surface area contributed by atoms with Gasteiger partial charge in [-0.1, -0.05) is 35.9 Å². The van der Waals surface area contributed by atoms with E-state index in [1.165, 1.54) is 22.3 Å². The van der Waals surface area contributed by atoms with Gasteiger partial charge in [0.15, 0.2) is 0 Å². The molecule has 2 rings (SSSR count). The third-order valence-electron chi connectivity index (χ3n) is 4.05. The number of methoxy groups -OCH3 is 1. The number of ether oxygens (including phenoxy) is 1. The van der Waals surface area contributed by atoms with Gasteiger partial charge in [-0.05, 0) is 61.9 Å². The Bertz CT molecular complexity index is 602. The quantitative estimate of drug-likeness (QED) is 0.890. The Labute approximate surface area is 127 Å². The van der Waals surface area contributed by atoms with Gasteiger partial charge in [0.2, 0.25) is 0 Å². The Balaban J connectivity index is 2.08. The lowest BCUT2D eigenvalue weighted by molar-refractivity contribution is 0.411. The average Bonchev–Trinajstić information content (AvgIpc) is 2.48. The Morgan fingerprint density at radius 3 is 2.29 bits per heavy atom. The van der Waals surface area contributed by atoms with Crippen molar-refractivity contribution in [3.05, 3.63) is 64.2 Å². The molecule has 0 aliphatic carbocycles. The molecule has 0 saturated carbocycles. The highest BCUT2D eigenvalue weighted by Gasteiger charge is 2.12. The van der Waals surface area contributed by atoms with Crippen molar-refractivity contribution in [2.45, 2.75) is 39.7 Å². The zero-order valence-corrected chi connectivity index (χ0v) is 13.4. The lowest BCUT2D eigenvalue weighted by atomic mass is 9.94. The summed E-state index contributed by atoms with van der Waals surface area (Å²) in [6.45, 7) is 6.27. The van der Waals surface area contributed by atoms with Crippen LogP contribution >= 0.6 is 0 Å². The second-order valence-electron chi connectivity index (χ2n) is 5.81. The maximum atomic E-state index is 6.39. The summed E-state index contributed by atoms with van der Waals surface area (Å²) >= 11 is 0. The summed E-state index contributed by atoms with van der Waals surface area (Å²) in [6, 6.07) is 13.0. The van der Waals surface area contributed by atoms with Gasteiger partial charge in [-0.3, -0.25) is 0 Å². The van der Waals surface area contributed by atoms with Crippen molar-refractivity contribution in [2.24, 2.45) is 5.73 Å². The number of hydrogen-bond donors (Lipinski definition) is 1. The molecule has 2 aromatic carbocycles. The Morgan fingerprint density at radius 2 is 1.67 bits per heavy atom. The van der Waals surface area contributed by atoms with Crippen LogP contribution in [0.15, 0.2) is 36.4 Å². The molecule has 0 amide bonds. The number of hydrogen-bond acceptors (Lipinski definition) is 2. The smallest absolute Gasteiger partial charge is 0.122 e. The van der Waals surface area contributed by atoms with E-state index in [0.717, 1.165) is 24.2 Å². The molecule has 1 atom stereocenters. The summed E-state index contributed by atoms with van der Waals surface area (Å²) in [4.78, 5) is 0. The largest absolute Gasteiger partial charge is 0.496 e. The summed E-state index contributed by atoms with van der Waals surface area (Å²) < 4.78 is 5.36. The molecule has 0 radical (unpaired) electrons. The molecule has 0 aliphatic rings. The third-order valence-corrected chi connectivity index (χ3v) is 4.05. The standard InChI is InChI=1S/C19H25NO/c1-13-5-7-16(8-6-13)9-10-18(20)17-11-15(3)19(21-4)12-14(17)2/h5-8,11-12,18H,9-10,20H2,1-4H3. The molecular formula is C19H25NO. The highest BCUT2D eigenvalue weighted by Crippen LogP contribution is 2.27. The Kier molecular flexibility index (Phi) is 5.03. The molecular weight excluding hydrogens is 258 g/mol. The second kappa shape index (κ2) is 6.77. The van der Waals surface area contributed by atoms with Gasteiger partial charge in [-0.25, -0.2) is 0 Å². The van der Waals surface area contributed by atoms with Crippen LogP contribution in [0.5, 0.6) is 5.75 Å². The predicted molar refractivity (Wildman–Crippen MR) is 88.9 cm³/mol. The maximum absolute atomic E-state index is 6.39. The number of benzene rings is 2. The molecule has 0 heterocycles. The van der Waals surface area contributed by atoms with Crippen LogP contribution in [0.1, 0.15) is 40.3 Å². The third kappa shape index (κ3) is 3.85. The van der Waals surface area contributed by atoms with E-state index in [4.69, 9.17) is 10.5 Å².